The molecule has 0 aliphatic carbocycles. The van der Waals surface area contributed by atoms with Gasteiger partial charge in [0.15, 0.2) is 0 Å². The van der Waals surface area contributed by atoms with Crippen molar-refractivity contribution in [3.8, 4) is 0 Å². The van der Waals surface area contributed by atoms with E-state index in [1.807, 2.05) is 12.1 Å². The molecule has 3 N–H and O–H groups in total. The maximum absolute atomic E-state index is 12.2. The molecule has 0 saturated carbocycles. The number of halogens is 2. The topological polar surface area (TPSA) is 72.2 Å². The number of rotatable bonds is 5. The summed E-state index contributed by atoms with van der Waals surface area (Å²) in [4.78, 5) is 0. The average molecular weight is 390 g/mol. The largest absolute Gasteiger partial charge is 0.326 e. The second kappa shape index (κ2) is 6.79. The number of hydrogen-bond donors (Lipinski definition) is 2. The first-order chi connectivity index (χ1) is 9.89. The van der Waals surface area contributed by atoms with Crippen LogP contribution < -0.4 is 10.5 Å². The zero-order valence-electron chi connectivity index (χ0n) is 11.0. The Morgan fingerprint density at radius 3 is 2.33 bits per heavy atom. The van der Waals surface area contributed by atoms with E-state index in [2.05, 4.69) is 20.7 Å². The van der Waals surface area contributed by atoms with E-state index in [1.165, 1.54) is 0 Å². The van der Waals surface area contributed by atoms with E-state index in [-0.39, 0.29) is 5.75 Å². The van der Waals surface area contributed by atoms with Crippen LogP contribution in [0.25, 0.3) is 0 Å². The van der Waals surface area contributed by atoms with Gasteiger partial charge in [0.05, 0.1) is 16.5 Å². The Morgan fingerprint density at radius 1 is 1.10 bits per heavy atom. The van der Waals surface area contributed by atoms with Gasteiger partial charge >= 0.3 is 0 Å². The Morgan fingerprint density at radius 2 is 1.71 bits per heavy atom. The predicted molar refractivity (Wildman–Crippen MR) is 89.7 cm³/mol. The van der Waals surface area contributed by atoms with Crippen molar-refractivity contribution in [1.82, 2.24) is 0 Å². The first-order valence-corrected chi connectivity index (χ1v) is 8.95. The Hall–Kier alpha value is -1.08. The van der Waals surface area contributed by atoms with Crippen molar-refractivity contribution in [1.29, 1.82) is 0 Å². The van der Waals surface area contributed by atoms with Gasteiger partial charge in [-0.05, 0) is 29.3 Å². The van der Waals surface area contributed by atoms with Gasteiger partial charge in [-0.15, -0.1) is 0 Å². The molecular formula is C14H14BrClN2O2S. The summed E-state index contributed by atoms with van der Waals surface area (Å²) in [6.07, 6.45) is 0. The molecule has 0 radical (unpaired) electrons. The van der Waals surface area contributed by atoms with Gasteiger partial charge in [-0.1, -0.05) is 51.8 Å². The highest BCUT2D eigenvalue weighted by Crippen LogP contribution is 2.27. The molecule has 112 valence electrons. The summed E-state index contributed by atoms with van der Waals surface area (Å²) in [7, 11) is -3.53. The lowest BCUT2D eigenvalue weighted by Crippen LogP contribution is -2.15. The van der Waals surface area contributed by atoms with Crippen LogP contribution >= 0.6 is 27.5 Å². The van der Waals surface area contributed by atoms with E-state index in [0.29, 0.717) is 22.8 Å². The van der Waals surface area contributed by atoms with Crippen LogP contribution in [0, 0.1) is 0 Å². The van der Waals surface area contributed by atoms with Crippen LogP contribution in [0.2, 0.25) is 5.02 Å². The number of anilines is 1. The molecule has 0 unspecified atom stereocenters. The van der Waals surface area contributed by atoms with Gasteiger partial charge in [-0.3, -0.25) is 4.72 Å². The van der Waals surface area contributed by atoms with Crippen molar-refractivity contribution >= 4 is 43.2 Å². The fourth-order valence-corrected chi connectivity index (χ4v) is 3.56. The lowest BCUT2D eigenvalue weighted by atomic mass is 10.1. The average Bonchev–Trinajstić information content (AvgIpc) is 2.43. The molecule has 0 fully saturated rings. The van der Waals surface area contributed by atoms with E-state index in [4.69, 9.17) is 17.3 Å². The normalized spacial score (nSPS) is 11.4. The summed E-state index contributed by atoms with van der Waals surface area (Å²) in [5, 5.41) is 0.347. The minimum Gasteiger partial charge on any atom is -0.326 e. The third-order valence-electron chi connectivity index (χ3n) is 2.81. The van der Waals surface area contributed by atoms with Gasteiger partial charge in [-0.25, -0.2) is 8.42 Å². The Labute approximate surface area is 137 Å². The zero-order chi connectivity index (χ0) is 15.5. The lowest BCUT2D eigenvalue weighted by molar-refractivity contribution is 0.600. The Kier molecular flexibility index (Phi) is 5.27. The van der Waals surface area contributed by atoms with Crippen molar-refractivity contribution < 1.29 is 8.42 Å². The standard InChI is InChI=1S/C14H14BrClN2O2S/c15-12-5-6-13(16)14(7-12)18-21(19,20)9-11-3-1-10(8-17)2-4-11/h1-7,18H,8-9,17H2. The molecule has 2 aromatic rings. The van der Waals surface area contributed by atoms with Gasteiger partial charge in [0, 0.05) is 11.0 Å². The summed E-state index contributed by atoms with van der Waals surface area (Å²) in [5.41, 5.74) is 7.51. The molecule has 7 heteroatoms. The lowest BCUT2D eigenvalue weighted by Gasteiger charge is -2.10. The van der Waals surface area contributed by atoms with Crippen molar-refractivity contribution in [2.75, 3.05) is 4.72 Å². The SMILES string of the molecule is NCc1ccc(CS(=O)(=O)Nc2cc(Br)ccc2Cl)cc1. The number of nitrogens with one attached hydrogen (secondary N) is 1. The molecule has 2 aromatic carbocycles. The van der Waals surface area contributed by atoms with Crippen LogP contribution in [0.5, 0.6) is 0 Å². The molecule has 0 aromatic heterocycles. The summed E-state index contributed by atoms with van der Waals surface area (Å²) in [5.74, 6) is -0.124. The number of sulfonamides is 1. The van der Waals surface area contributed by atoms with Crippen LogP contribution in [-0.4, -0.2) is 8.42 Å². The number of benzene rings is 2. The van der Waals surface area contributed by atoms with E-state index in [1.54, 1.807) is 30.3 Å². The second-order valence-electron chi connectivity index (χ2n) is 4.51. The molecule has 0 bridgehead atoms. The fourth-order valence-electron chi connectivity index (χ4n) is 1.77. The van der Waals surface area contributed by atoms with Gasteiger partial charge in [0.1, 0.15) is 0 Å². The van der Waals surface area contributed by atoms with Crippen LogP contribution in [0.4, 0.5) is 5.69 Å². The molecule has 0 aliphatic heterocycles. The minimum absolute atomic E-state index is 0.124. The summed E-state index contributed by atoms with van der Waals surface area (Å²) in [6.45, 7) is 0.429. The van der Waals surface area contributed by atoms with E-state index in [0.717, 1.165) is 10.0 Å². The Bertz CT molecular complexity index is 733. The molecule has 4 nitrogen and oxygen atoms in total. The highest BCUT2D eigenvalue weighted by Gasteiger charge is 2.14. The van der Waals surface area contributed by atoms with Crippen molar-refractivity contribution in [2.45, 2.75) is 12.3 Å². The number of hydrogen-bond acceptors (Lipinski definition) is 3. The minimum atomic E-state index is -3.53. The summed E-state index contributed by atoms with van der Waals surface area (Å²) < 4.78 is 27.6. The molecule has 0 spiro atoms. The fraction of sp³-hybridized carbons (Fsp3) is 0.143. The van der Waals surface area contributed by atoms with Gasteiger partial charge in [-0.2, -0.15) is 0 Å². The molecule has 0 aliphatic rings. The smallest absolute Gasteiger partial charge is 0.236 e. The van der Waals surface area contributed by atoms with Crippen LogP contribution in [0.15, 0.2) is 46.9 Å². The summed E-state index contributed by atoms with van der Waals surface area (Å²) in [6, 6.07) is 12.1. The molecular weight excluding hydrogens is 376 g/mol. The second-order valence-corrected chi connectivity index (χ2v) is 7.55. The highest BCUT2D eigenvalue weighted by molar-refractivity contribution is 9.10. The molecule has 0 atom stereocenters. The molecule has 21 heavy (non-hydrogen) atoms. The van der Waals surface area contributed by atoms with Crippen molar-refractivity contribution in [3.05, 3.63) is 63.1 Å². The van der Waals surface area contributed by atoms with Crippen molar-refractivity contribution in [3.63, 3.8) is 0 Å². The van der Waals surface area contributed by atoms with E-state index in [9.17, 15) is 8.42 Å². The Balaban J connectivity index is 2.16. The van der Waals surface area contributed by atoms with Gasteiger partial charge in [0.2, 0.25) is 10.0 Å². The molecule has 0 saturated heterocycles. The quantitative estimate of drug-likeness (QED) is 0.822. The first kappa shape index (κ1) is 16.3. The van der Waals surface area contributed by atoms with Crippen LogP contribution in [0.3, 0.4) is 0 Å². The van der Waals surface area contributed by atoms with Gasteiger partial charge in [0.25, 0.3) is 0 Å². The molecule has 0 amide bonds. The van der Waals surface area contributed by atoms with Crippen molar-refractivity contribution in [2.24, 2.45) is 5.73 Å². The van der Waals surface area contributed by atoms with E-state index >= 15 is 0 Å². The zero-order valence-corrected chi connectivity index (χ0v) is 14.2. The summed E-state index contributed by atoms with van der Waals surface area (Å²) >= 11 is 9.26. The third kappa shape index (κ3) is 4.71. The highest BCUT2D eigenvalue weighted by atomic mass is 79.9. The predicted octanol–water partition coefficient (Wildman–Crippen LogP) is 3.50. The number of nitrogens with two attached hydrogens (primary N) is 1. The molecule has 0 heterocycles. The van der Waals surface area contributed by atoms with Crippen LogP contribution in [-0.2, 0) is 22.3 Å². The van der Waals surface area contributed by atoms with E-state index < -0.39 is 10.0 Å². The monoisotopic (exact) mass is 388 g/mol. The van der Waals surface area contributed by atoms with Crippen LogP contribution in [0.1, 0.15) is 11.1 Å². The maximum Gasteiger partial charge on any atom is 0.236 e. The first-order valence-electron chi connectivity index (χ1n) is 6.13. The molecule has 2 rings (SSSR count). The maximum atomic E-state index is 12.2. The third-order valence-corrected chi connectivity index (χ3v) is 4.88. The van der Waals surface area contributed by atoms with Gasteiger partial charge < -0.3 is 5.73 Å².